The summed E-state index contributed by atoms with van der Waals surface area (Å²) in [6.45, 7) is 12.5. The number of hydrogen-bond donors (Lipinski definition) is 0. The molecule has 0 bridgehead atoms. The number of rotatable bonds is 8. The molecule has 0 N–H and O–H groups in total. The Morgan fingerprint density at radius 2 is 0.750 bits per heavy atom. The predicted octanol–water partition coefficient (Wildman–Crippen LogP) is 11.2. The molecule has 0 aliphatic rings. The van der Waals surface area contributed by atoms with Gasteiger partial charge in [0, 0.05) is 82.9 Å². The minimum Gasteiger partial charge on any atom is -0.239 e. The predicted molar refractivity (Wildman–Crippen MR) is 348 cm³/mol. The summed E-state index contributed by atoms with van der Waals surface area (Å²) in [5.74, 6) is -1.10. The van der Waals surface area contributed by atoms with Gasteiger partial charge in [-0.2, -0.15) is 17.9 Å². The fourth-order valence-electron chi connectivity index (χ4n) is 12.6. The number of halogens is 5. The highest BCUT2D eigenvalue weighted by Gasteiger charge is 2.34. The molecule has 0 saturated carbocycles. The first-order chi connectivity index (χ1) is 43.6. The van der Waals surface area contributed by atoms with Crippen LogP contribution in [0.4, 0.5) is 22.0 Å². The Hall–Kier alpha value is -10.0. The second kappa shape index (κ2) is 27.2. The minimum atomic E-state index is -4.40. The van der Waals surface area contributed by atoms with Gasteiger partial charge in [0.05, 0.1) is 77.2 Å². The summed E-state index contributed by atoms with van der Waals surface area (Å²) >= 11 is 0. The van der Waals surface area contributed by atoms with Crippen LogP contribution in [0, 0.1) is 53.2 Å². The van der Waals surface area contributed by atoms with Crippen molar-refractivity contribution in [3.63, 3.8) is 0 Å². The standard InChI is InChI=1S/C20H25N3.C19H20F3N3.C18H19F2N3.C18H21N3/c1-14-11-15(2)20(18-12-21(4)13-23(18)6)16(3)19(14)17-9-7-8-10-22(17)5;1-13-15(17-7-5-6-8-24(17)3)9-14(19(20,21)22)10-16(13)18-11-23(2)12-25(18)4;1-12-17(15-7-5-6-8-22(15)3)13(19)9-14(20)18(12)16-10-21(2)11-23(16)4;1-14-15(17-10-5-6-12-19(17)2)8-7-9-16(14)18-11-13-20(3)21(18)4/h7-13H,1-6H3;5-12H,1-4H3;5-11H,1-4H3;5-13H,1-4H3/q4*+2. The molecule has 12 nitrogen and oxygen atoms in total. The Morgan fingerprint density at radius 1 is 0.348 bits per heavy atom. The third-order valence-corrected chi connectivity index (χ3v) is 17.3. The first-order valence-corrected chi connectivity index (χ1v) is 30.4. The number of imidazole rings is 3. The van der Waals surface area contributed by atoms with Crippen molar-refractivity contribution in [3.05, 3.63) is 240 Å². The van der Waals surface area contributed by atoms with E-state index in [0.717, 1.165) is 23.0 Å². The van der Waals surface area contributed by atoms with Crippen LogP contribution in [0.5, 0.6) is 0 Å². The van der Waals surface area contributed by atoms with Gasteiger partial charge in [0.25, 0.3) is 0 Å². The molecule has 4 aromatic carbocycles. The summed E-state index contributed by atoms with van der Waals surface area (Å²) in [5.41, 5.74) is 21.2. The Balaban J connectivity index is 0.000000145. The van der Waals surface area contributed by atoms with Crippen LogP contribution in [0.2, 0.25) is 0 Å². The molecule has 12 rings (SSSR count). The summed E-state index contributed by atoms with van der Waals surface area (Å²) in [6, 6.07) is 38.2. The maximum atomic E-state index is 14.5. The van der Waals surface area contributed by atoms with Crippen LogP contribution in [0.25, 0.3) is 90.1 Å². The third kappa shape index (κ3) is 13.7. The van der Waals surface area contributed by atoms with E-state index in [1.165, 1.54) is 79.4 Å². The lowest BCUT2D eigenvalue weighted by molar-refractivity contribution is -0.750. The van der Waals surface area contributed by atoms with E-state index in [0.29, 0.717) is 39.2 Å². The maximum absolute atomic E-state index is 14.5. The second-order valence-electron chi connectivity index (χ2n) is 24.1. The van der Waals surface area contributed by atoms with Gasteiger partial charge >= 0.3 is 6.18 Å². The molecule has 0 spiro atoms. The van der Waals surface area contributed by atoms with Gasteiger partial charge in [0.2, 0.25) is 41.8 Å². The average Bonchev–Trinajstić information content (AvgIpc) is 1.20. The summed E-state index contributed by atoms with van der Waals surface area (Å²) in [5, 5.41) is 0. The van der Waals surface area contributed by atoms with E-state index in [4.69, 9.17) is 0 Å². The van der Waals surface area contributed by atoms with Crippen molar-refractivity contribution in [1.82, 2.24) is 18.4 Å². The Bertz CT molecular complexity index is 4560. The molecule has 0 aliphatic carbocycles. The van der Waals surface area contributed by atoms with Crippen molar-refractivity contribution < 1.29 is 58.6 Å². The zero-order valence-corrected chi connectivity index (χ0v) is 56.2. The van der Waals surface area contributed by atoms with Crippen LogP contribution in [0.15, 0.2) is 190 Å². The summed E-state index contributed by atoms with van der Waals surface area (Å²) in [7, 11) is 23.6. The van der Waals surface area contributed by atoms with E-state index in [1.807, 2.05) is 150 Å². The molecule has 8 heterocycles. The van der Waals surface area contributed by atoms with E-state index in [-0.39, 0.29) is 0 Å². The number of pyridine rings is 4. The van der Waals surface area contributed by atoms with E-state index < -0.39 is 23.4 Å². The van der Waals surface area contributed by atoms with Crippen molar-refractivity contribution in [2.24, 2.45) is 84.6 Å². The van der Waals surface area contributed by atoms with Gasteiger partial charge < -0.3 is 0 Å². The molecule has 12 aromatic rings. The normalized spacial score (nSPS) is 11.2. The second-order valence-corrected chi connectivity index (χ2v) is 24.1. The Labute approximate surface area is 537 Å². The molecule has 0 fully saturated rings. The van der Waals surface area contributed by atoms with Gasteiger partial charge in [-0.1, -0.05) is 18.2 Å². The molecule has 0 aliphatic heterocycles. The molecular formula is C75H85F5N12+8. The fourth-order valence-corrected chi connectivity index (χ4v) is 12.6. The van der Waals surface area contributed by atoms with Gasteiger partial charge in [-0.05, 0) is 117 Å². The van der Waals surface area contributed by atoms with Gasteiger partial charge in [-0.15, -0.1) is 4.68 Å². The number of aromatic nitrogens is 12. The summed E-state index contributed by atoms with van der Waals surface area (Å²) in [4.78, 5) is 0. The lowest BCUT2D eigenvalue weighted by Crippen LogP contribution is -2.36. The molecule has 8 aromatic heterocycles. The highest BCUT2D eigenvalue weighted by molar-refractivity contribution is 5.80. The lowest BCUT2D eigenvalue weighted by Gasteiger charge is -2.14. The summed E-state index contributed by atoms with van der Waals surface area (Å²) in [6.07, 6.45) is 17.2. The average molecular weight is 1250 g/mol. The number of nitrogens with zero attached hydrogens (tertiary/aromatic N) is 12. The molecular weight excluding hydrogens is 1160 g/mol. The third-order valence-electron chi connectivity index (χ3n) is 17.3. The highest BCUT2D eigenvalue weighted by atomic mass is 19.4. The topological polar surface area (TPSA) is 50.8 Å². The van der Waals surface area contributed by atoms with Crippen molar-refractivity contribution in [1.29, 1.82) is 0 Å². The van der Waals surface area contributed by atoms with Crippen LogP contribution in [-0.4, -0.2) is 18.4 Å². The van der Waals surface area contributed by atoms with Crippen LogP contribution in [-0.2, 0) is 90.7 Å². The van der Waals surface area contributed by atoms with Crippen molar-refractivity contribution in [2.45, 2.75) is 47.7 Å². The first-order valence-electron chi connectivity index (χ1n) is 30.4. The quantitative estimate of drug-likeness (QED) is 0.108. The van der Waals surface area contributed by atoms with Gasteiger partial charge in [-0.25, -0.2) is 54.5 Å². The molecule has 92 heavy (non-hydrogen) atoms. The van der Waals surface area contributed by atoms with Crippen molar-refractivity contribution >= 4 is 0 Å². The van der Waals surface area contributed by atoms with E-state index in [1.54, 1.807) is 6.92 Å². The largest absolute Gasteiger partial charge is 0.416 e. The lowest BCUT2D eigenvalue weighted by atomic mass is 9.90. The van der Waals surface area contributed by atoms with Gasteiger partial charge in [0.15, 0.2) is 55.1 Å². The number of benzene rings is 4. The molecule has 0 saturated heterocycles. The summed E-state index contributed by atoms with van der Waals surface area (Å²) < 4.78 is 93.4. The minimum absolute atomic E-state index is 0.424. The Kier molecular flexibility index (Phi) is 19.6. The van der Waals surface area contributed by atoms with E-state index in [2.05, 4.69) is 195 Å². The molecule has 0 atom stereocenters. The number of aryl methyl sites for hydroxylation is 13. The first kappa shape index (κ1) is 66.4. The van der Waals surface area contributed by atoms with E-state index >= 15 is 0 Å². The molecule has 0 unspecified atom stereocenters. The molecule has 0 radical (unpaired) electrons. The SMILES string of the molecule is Cc1c(-c2c[n+](C)cn2C)c(F)cc(F)c1-c1cccc[n+]1C.Cc1c(-c2c[n+](C)cn2C)cc(C(F)(F)F)cc1-c1cccc[n+]1C.Cc1c(-c2cc[n+](C)n2C)cccc1-c1cccc[n+]1C.Cc1cc(C)c(-c2cccc[n+]2C)c(C)c1-c1c[n+](C)cn1C. The van der Waals surface area contributed by atoms with Crippen molar-refractivity contribution in [3.8, 4) is 90.1 Å². The monoisotopic (exact) mass is 1250 g/mol. The number of alkyl halides is 3. The van der Waals surface area contributed by atoms with Crippen molar-refractivity contribution in [2.75, 3.05) is 0 Å². The van der Waals surface area contributed by atoms with Crippen LogP contribution >= 0.6 is 0 Å². The molecule has 17 heteroatoms. The van der Waals surface area contributed by atoms with Gasteiger partial charge in [0.1, 0.15) is 64.1 Å². The van der Waals surface area contributed by atoms with Gasteiger partial charge in [-0.3, -0.25) is 0 Å². The maximum Gasteiger partial charge on any atom is 0.416 e. The van der Waals surface area contributed by atoms with Crippen LogP contribution in [0.1, 0.15) is 38.9 Å². The van der Waals surface area contributed by atoms with E-state index in [9.17, 15) is 22.0 Å². The molecule has 0 amide bonds. The van der Waals surface area contributed by atoms with Crippen LogP contribution < -0.4 is 36.7 Å². The number of hydrogen-bond acceptors (Lipinski definition) is 0. The zero-order chi connectivity index (χ0) is 66.8. The molecule has 472 valence electrons. The zero-order valence-electron chi connectivity index (χ0n) is 56.2. The fraction of sp³-hybridized carbons (Fsp3) is 0.253. The van der Waals surface area contributed by atoms with Crippen LogP contribution in [0.3, 0.4) is 0 Å². The highest BCUT2D eigenvalue weighted by Crippen LogP contribution is 2.40. The smallest absolute Gasteiger partial charge is 0.239 e. The Morgan fingerprint density at radius 3 is 1.21 bits per heavy atom.